The van der Waals surface area contributed by atoms with Crippen LogP contribution in [0.4, 0.5) is 0 Å². The van der Waals surface area contributed by atoms with Crippen LogP contribution in [0.5, 0.6) is 0 Å². The lowest BCUT2D eigenvalue weighted by Gasteiger charge is -2.10. The number of benzene rings is 2. The lowest BCUT2D eigenvalue weighted by atomic mass is 10.1. The zero-order chi connectivity index (χ0) is 19.3. The fourth-order valence-electron chi connectivity index (χ4n) is 2.92. The number of hydrogen-bond acceptors (Lipinski definition) is 5. The van der Waals surface area contributed by atoms with Gasteiger partial charge in [-0.2, -0.15) is 5.10 Å². The van der Waals surface area contributed by atoms with Crippen molar-refractivity contribution in [3.05, 3.63) is 76.3 Å². The highest BCUT2D eigenvalue weighted by Crippen LogP contribution is 2.31. The third-order valence-corrected chi connectivity index (χ3v) is 6.53. The molecule has 142 valence electrons. The van der Waals surface area contributed by atoms with Crippen molar-refractivity contribution >= 4 is 46.3 Å². The number of aromatic nitrogens is 1. The minimum absolute atomic E-state index is 0.0393. The van der Waals surface area contributed by atoms with Gasteiger partial charge in [-0.15, -0.1) is 23.1 Å². The van der Waals surface area contributed by atoms with Gasteiger partial charge < -0.3 is 0 Å². The first kappa shape index (κ1) is 19.2. The van der Waals surface area contributed by atoms with Gasteiger partial charge in [-0.1, -0.05) is 60.1 Å². The Labute approximate surface area is 177 Å². The average molecular weight is 428 g/mol. The van der Waals surface area contributed by atoms with Gasteiger partial charge in [-0.05, 0) is 11.6 Å². The number of nitrogens with zero attached hydrogens (tertiary/aromatic N) is 3. The van der Waals surface area contributed by atoms with Crippen molar-refractivity contribution in [1.82, 2.24) is 9.99 Å². The van der Waals surface area contributed by atoms with Crippen LogP contribution in [0.1, 0.15) is 17.7 Å². The Kier molecular flexibility index (Phi) is 6.10. The lowest BCUT2D eigenvalue weighted by Crippen LogP contribution is -2.25. The largest absolute Gasteiger partial charge is 0.272 e. The van der Waals surface area contributed by atoms with E-state index in [0.717, 1.165) is 34.0 Å². The first-order chi connectivity index (χ1) is 13.7. The molecule has 0 N–H and O–H groups in total. The monoisotopic (exact) mass is 427 g/mol. The van der Waals surface area contributed by atoms with E-state index in [1.165, 1.54) is 0 Å². The van der Waals surface area contributed by atoms with Crippen LogP contribution in [0.3, 0.4) is 0 Å². The summed E-state index contributed by atoms with van der Waals surface area (Å²) in [5.74, 6) is 1.12. The third-order valence-electron chi connectivity index (χ3n) is 4.33. The van der Waals surface area contributed by atoms with Crippen molar-refractivity contribution in [2.75, 3.05) is 12.3 Å². The highest BCUT2D eigenvalue weighted by Gasteiger charge is 2.21. The van der Waals surface area contributed by atoms with Crippen molar-refractivity contribution in [2.24, 2.45) is 5.10 Å². The van der Waals surface area contributed by atoms with E-state index >= 15 is 0 Å². The van der Waals surface area contributed by atoms with Crippen molar-refractivity contribution < 1.29 is 4.79 Å². The molecule has 2 aromatic carbocycles. The number of carbonyl (C=O) groups excluding carboxylic acids is 1. The van der Waals surface area contributed by atoms with Gasteiger partial charge in [0, 0.05) is 23.1 Å². The number of thioether (sulfide) groups is 1. The smallest absolute Gasteiger partial charge is 0.252 e. The molecular formula is C21H18ClN3OS2. The third kappa shape index (κ3) is 4.46. The SMILES string of the molecule is O=C(CSCc1csc(-c2ccccc2Cl)n1)N1CCC(c2ccccc2)=N1. The minimum Gasteiger partial charge on any atom is -0.272 e. The fourth-order valence-corrected chi connectivity index (χ4v) is 4.95. The van der Waals surface area contributed by atoms with Gasteiger partial charge in [0.2, 0.25) is 0 Å². The predicted molar refractivity (Wildman–Crippen MR) is 118 cm³/mol. The van der Waals surface area contributed by atoms with E-state index in [-0.39, 0.29) is 5.91 Å². The first-order valence-corrected chi connectivity index (χ1v) is 11.3. The standard InChI is InChI=1S/C21H18ClN3OS2/c22-18-9-5-4-8-17(18)21-23-16(13-28-21)12-27-14-20(26)25-11-10-19(24-25)15-6-2-1-3-7-15/h1-9,13H,10-12,14H2. The number of rotatable bonds is 6. The molecule has 2 heterocycles. The van der Waals surface area contributed by atoms with Crippen LogP contribution >= 0.6 is 34.7 Å². The van der Waals surface area contributed by atoms with Crippen LogP contribution in [0.15, 0.2) is 65.1 Å². The second-order valence-electron chi connectivity index (χ2n) is 6.30. The van der Waals surface area contributed by atoms with E-state index in [1.807, 2.05) is 60.0 Å². The van der Waals surface area contributed by atoms with E-state index in [2.05, 4.69) is 10.1 Å². The number of amides is 1. The molecule has 3 aromatic rings. The molecule has 7 heteroatoms. The van der Waals surface area contributed by atoms with E-state index in [9.17, 15) is 4.79 Å². The number of hydrogen-bond donors (Lipinski definition) is 0. The van der Waals surface area contributed by atoms with Crippen LogP contribution in [-0.2, 0) is 10.5 Å². The van der Waals surface area contributed by atoms with Crippen molar-refractivity contribution in [1.29, 1.82) is 0 Å². The summed E-state index contributed by atoms with van der Waals surface area (Å²) in [6.45, 7) is 0.650. The second-order valence-corrected chi connectivity index (χ2v) is 8.55. The van der Waals surface area contributed by atoms with Crippen LogP contribution in [0.25, 0.3) is 10.6 Å². The lowest BCUT2D eigenvalue weighted by molar-refractivity contribution is -0.127. The summed E-state index contributed by atoms with van der Waals surface area (Å²) < 4.78 is 0. The van der Waals surface area contributed by atoms with Crippen molar-refractivity contribution in [2.45, 2.75) is 12.2 Å². The number of thiazole rings is 1. The molecule has 0 aliphatic carbocycles. The highest BCUT2D eigenvalue weighted by atomic mass is 35.5. The van der Waals surface area contributed by atoms with Gasteiger partial charge in [0.15, 0.2) is 0 Å². The van der Waals surface area contributed by atoms with Gasteiger partial charge >= 0.3 is 0 Å². The fraction of sp³-hybridized carbons (Fsp3) is 0.190. The molecular weight excluding hydrogens is 410 g/mol. The molecule has 0 radical (unpaired) electrons. The molecule has 1 aromatic heterocycles. The van der Waals surface area contributed by atoms with E-state index in [4.69, 9.17) is 11.6 Å². The summed E-state index contributed by atoms with van der Waals surface area (Å²) in [7, 11) is 0. The van der Waals surface area contributed by atoms with Gasteiger partial charge in [-0.25, -0.2) is 9.99 Å². The molecule has 4 nitrogen and oxygen atoms in total. The maximum absolute atomic E-state index is 12.4. The summed E-state index contributed by atoms with van der Waals surface area (Å²) in [5, 5.41) is 9.72. The number of hydrazone groups is 1. The van der Waals surface area contributed by atoms with Gasteiger partial charge in [0.25, 0.3) is 5.91 Å². The molecule has 1 amide bonds. The summed E-state index contributed by atoms with van der Waals surface area (Å²) in [5.41, 5.74) is 3.97. The molecule has 0 saturated carbocycles. The number of carbonyl (C=O) groups is 1. The van der Waals surface area contributed by atoms with Gasteiger partial charge in [0.1, 0.15) is 5.01 Å². The molecule has 0 bridgehead atoms. The van der Waals surface area contributed by atoms with Crippen molar-refractivity contribution in [3.8, 4) is 10.6 Å². The second kappa shape index (κ2) is 8.90. The minimum atomic E-state index is 0.0393. The Bertz CT molecular complexity index is 1000. The highest BCUT2D eigenvalue weighted by molar-refractivity contribution is 7.99. The maximum Gasteiger partial charge on any atom is 0.252 e. The molecule has 0 unspecified atom stereocenters. The van der Waals surface area contributed by atoms with Crippen LogP contribution in [-0.4, -0.2) is 33.9 Å². The number of halogens is 1. The molecule has 1 aliphatic rings. The summed E-state index contributed by atoms with van der Waals surface area (Å²) in [4.78, 5) is 17.1. The van der Waals surface area contributed by atoms with Crippen molar-refractivity contribution in [3.63, 3.8) is 0 Å². The topological polar surface area (TPSA) is 45.6 Å². The Balaban J connectivity index is 1.31. The van der Waals surface area contributed by atoms with Crippen LogP contribution in [0.2, 0.25) is 5.02 Å². The maximum atomic E-state index is 12.4. The average Bonchev–Trinajstić information content (AvgIpc) is 3.39. The Hall–Kier alpha value is -2.15. The molecule has 0 fully saturated rings. The van der Waals surface area contributed by atoms with Gasteiger partial charge in [-0.3, -0.25) is 4.79 Å². The van der Waals surface area contributed by atoms with E-state index in [1.54, 1.807) is 28.1 Å². The summed E-state index contributed by atoms with van der Waals surface area (Å²) in [6.07, 6.45) is 0.799. The van der Waals surface area contributed by atoms with E-state index < -0.39 is 0 Å². The molecule has 0 atom stereocenters. The molecule has 28 heavy (non-hydrogen) atoms. The zero-order valence-electron chi connectivity index (χ0n) is 15.0. The molecule has 0 spiro atoms. The Morgan fingerprint density at radius 1 is 1.14 bits per heavy atom. The van der Waals surface area contributed by atoms with Gasteiger partial charge in [0.05, 0.1) is 28.7 Å². The predicted octanol–water partition coefficient (Wildman–Crippen LogP) is 5.33. The molecule has 0 saturated heterocycles. The first-order valence-electron chi connectivity index (χ1n) is 8.91. The zero-order valence-corrected chi connectivity index (χ0v) is 17.4. The van der Waals surface area contributed by atoms with Crippen LogP contribution < -0.4 is 0 Å². The summed E-state index contributed by atoms with van der Waals surface area (Å²) >= 11 is 9.38. The Morgan fingerprint density at radius 3 is 2.75 bits per heavy atom. The molecule has 1 aliphatic heterocycles. The quantitative estimate of drug-likeness (QED) is 0.533. The normalized spacial score (nSPS) is 13.6. The Morgan fingerprint density at radius 2 is 1.93 bits per heavy atom. The van der Waals surface area contributed by atoms with E-state index in [0.29, 0.717) is 23.1 Å². The summed E-state index contributed by atoms with van der Waals surface area (Å²) in [6, 6.07) is 17.7. The van der Waals surface area contributed by atoms with Crippen LogP contribution in [0, 0.1) is 0 Å². The molecule has 4 rings (SSSR count).